The number of aliphatic hydroxyl groups is 1. The second-order valence-electron chi connectivity index (χ2n) is 12.1. The van der Waals surface area contributed by atoms with E-state index in [2.05, 4.69) is 87.4 Å². The van der Waals surface area contributed by atoms with Crippen LogP contribution in [0.2, 0.25) is 10.1 Å². The van der Waals surface area contributed by atoms with E-state index in [0.29, 0.717) is 0 Å². The molecule has 0 amide bonds. The summed E-state index contributed by atoms with van der Waals surface area (Å²) in [6, 6.07) is 6.40. The summed E-state index contributed by atoms with van der Waals surface area (Å²) in [6.07, 6.45) is 0. The molecule has 1 rings (SSSR count). The van der Waals surface area contributed by atoms with E-state index in [-0.39, 0.29) is 10.1 Å². The normalized spacial score (nSPS) is 15.3. The van der Waals surface area contributed by atoms with Gasteiger partial charge in [-0.1, -0.05) is 59.7 Å². The van der Waals surface area contributed by atoms with E-state index in [9.17, 15) is 5.11 Å². The van der Waals surface area contributed by atoms with Crippen LogP contribution in [0.3, 0.4) is 0 Å². The van der Waals surface area contributed by atoms with Crippen LogP contribution in [0, 0.1) is 0 Å². The molecule has 0 saturated carbocycles. The summed E-state index contributed by atoms with van der Waals surface area (Å²) < 4.78 is 12.9. The van der Waals surface area contributed by atoms with E-state index in [1.807, 2.05) is 13.8 Å². The highest BCUT2D eigenvalue weighted by molar-refractivity contribution is 6.32. The fraction of sp³-hybridized carbons (Fsp3) is 0.739. The van der Waals surface area contributed by atoms with Crippen LogP contribution in [0.25, 0.3) is 0 Å². The SMILES string of the molecule is CC(C)(C)[SiH2]OC(C)(C)c1cc(C(C)(C)O)cc(C(C)(C)O[SiH2]C(C)(C)C)c1. The fourth-order valence-corrected chi connectivity index (χ4v) is 4.56. The maximum Gasteiger partial charge on any atom is 0.168 e. The van der Waals surface area contributed by atoms with Gasteiger partial charge in [-0.3, -0.25) is 0 Å². The van der Waals surface area contributed by atoms with Crippen molar-refractivity contribution in [3.05, 3.63) is 34.9 Å². The number of rotatable bonds is 7. The van der Waals surface area contributed by atoms with Crippen molar-refractivity contribution in [2.45, 2.75) is 110 Å². The van der Waals surface area contributed by atoms with Crippen LogP contribution in [0.4, 0.5) is 0 Å². The molecule has 162 valence electrons. The van der Waals surface area contributed by atoms with E-state index in [1.54, 1.807) is 0 Å². The lowest BCUT2D eigenvalue weighted by Gasteiger charge is -2.35. The van der Waals surface area contributed by atoms with Gasteiger partial charge in [0.15, 0.2) is 19.5 Å². The lowest BCUT2D eigenvalue weighted by Crippen LogP contribution is -2.31. The van der Waals surface area contributed by atoms with Crippen LogP contribution in [0.15, 0.2) is 18.2 Å². The highest BCUT2D eigenvalue weighted by Crippen LogP contribution is 2.37. The van der Waals surface area contributed by atoms with Crippen molar-refractivity contribution >= 4 is 19.5 Å². The molecule has 0 aliphatic carbocycles. The standard InChI is InChI=1S/C23H44O3Si2/c1-19(2,3)27-25-22(9,10)17-13-16(21(7,8)24)14-18(15-17)23(11,12)26-28-20(4,5)6/h13-15,24H,27-28H2,1-12H3. The highest BCUT2D eigenvalue weighted by Gasteiger charge is 2.31. The second kappa shape index (κ2) is 8.34. The summed E-state index contributed by atoms with van der Waals surface area (Å²) >= 11 is 0. The topological polar surface area (TPSA) is 38.7 Å². The number of benzene rings is 1. The van der Waals surface area contributed by atoms with Crippen LogP contribution >= 0.6 is 0 Å². The predicted octanol–water partition coefficient (Wildman–Crippen LogP) is 5.02. The summed E-state index contributed by atoms with van der Waals surface area (Å²) in [5, 5.41) is 11.2. The largest absolute Gasteiger partial charge is 0.415 e. The van der Waals surface area contributed by atoms with Crippen molar-refractivity contribution in [1.29, 1.82) is 0 Å². The number of hydrogen-bond donors (Lipinski definition) is 1. The zero-order chi connectivity index (χ0) is 22.2. The van der Waals surface area contributed by atoms with Gasteiger partial charge in [-0.15, -0.1) is 0 Å². The summed E-state index contributed by atoms with van der Waals surface area (Å²) in [4.78, 5) is 0. The average Bonchev–Trinajstić information content (AvgIpc) is 2.49. The first kappa shape index (κ1) is 25.6. The van der Waals surface area contributed by atoms with E-state index in [0.717, 1.165) is 16.7 Å². The van der Waals surface area contributed by atoms with E-state index >= 15 is 0 Å². The minimum absolute atomic E-state index is 0.231. The van der Waals surface area contributed by atoms with Gasteiger partial charge in [0.1, 0.15) is 0 Å². The fourth-order valence-electron chi connectivity index (χ4n) is 2.64. The quantitative estimate of drug-likeness (QED) is 0.624. The van der Waals surface area contributed by atoms with Crippen LogP contribution in [-0.2, 0) is 25.7 Å². The Kier molecular flexibility index (Phi) is 7.62. The molecule has 0 aromatic heterocycles. The Morgan fingerprint density at radius 2 is 0.857 bits per heavy atom. The first-order valence-electron chi connectivity index (χ1n) is 10.4. The molecule has 0 aliphatic heterocycles. The minimum atomic E-state index is -0.917. The van der Waals surface area contributed by atoms with Crippen molar-refractivity contribution < 1.29 is 14.0 Å². The van der Waals surface area contributed by atoms with Crippen molar-refractivity contribution in [3.8, 4) is 0 Å². The molecular formula is C23H44O3Si2. The Balaban J connectivity index is 3.37. The third-order valence-electron chi connectivity index (χ3n) is 4.76. The van der Waals surface area contributed by atoms with Gasteiger partial charge < -0.3 is 14.0 Å². The molecule has 28 heavy (non-hydrogen) atoms. The minimum Gasteiger partial charge on any atom is -0.415 e. The first-order chi connectivity index (χ1) is 12.2. The van der Waals surface area contributed by atoms with Gasteiger partial charge in [-0.05, 0) is 68.3 Å². The third kappa shape index (κ3) is 8.11. The Morgan fingerprint density at radius 1 is 0.571 bits per heavy atom. The average molecular weight is 425 g/mol. The van der Waals surface area contributed by atoms with Crippen molar-refractivity contribution in [3.63, 3.8) is 0 Å². The van der Waals surface area contributed by atoms with Crippen molar-refractivity contribution in [1.82, 2.24) is 0 Å². The Morgan fingerprint density at radius 3 is 1.11 bits per heavy atom. The summed E-state index contributed by atoms with van der Waals surface area (Å²) in [6.45, 7) is 25.6. The third-order valence-corrected chi connectivity index (χ3v) is 8.23. The van der Waals surface area contributed by atoms with E-state index in [4.69, 9.17) is 8.85 Å². The van der Waals surface area contributed by atoms with Gasteiger partial charge in [0.25, 0.3) is 0 Å². The molecule has 1 aromatic rings. The molecule has 0 fully saturated rings. The molecule has 0 atom stereocenters. The zero-order valence-corrected chi connectivity index (χ0v) is 23.2. The number of hydrogen-bond acceptors (Lipinski definition) is 3. The molecule has 1 aromatic carbocycles. The smallest absolute Gasteiger partial charge is 0.168 e. The molecule has 0 unspecified atom stereocenters. The molecule has 3 nitrogen and oxygen atoms in total. The molecule has 0 saturated heterocycles. The monoisotopic (exact) mass is 424 g/mol. The van der Waals surface area contributed by atoms with Crippen LogP contribution in [0.1, 0.15) is 99.8 Å². The van der Waals surface area contributed by atoms with Crippen molar-refractivity contribution in [2.75, 3.05) is 0 Å². The van der Waals surface area contributed by atoms with Gasteiger partial charge in [-0.2, -0.15) is 0 Å². The highest BCUT2D eigenvalue weighted by atomic mass is 28.2. The van der Waals surface area contributed by atoms with Gasteiger partial charge in [0, 0.05) is 0 Å². The molecule has 0 bridgehead atoms. The lowest BCUT2D eigenvalue weighted by molar-refractivity contribution is 0.0750. The molecular weight excluding hydrogens is 380 g/mol. The first-order valence-corrected chi connectivity index (χ1v) is 13.0. The molecule has 0 heterocycles. The molecule has 1 N–H and O–H groups in total. The van der Waals surface area contributed by atoms with Crippen molar-refractivity contribution in [2.24, 2.45) is 0 Å². The maximum absolute atomic E-state index is 10.7. The summed E-state index contributed by atoms with van der Waals surface area (Å²) in [7, 11) is -1.41. The molecule has 0 spiro atoms. The lowest BCUT2D eigenvalue weighted by atomic mass is 9.85. The zero-order valence-electron chi connectivity index (χ0n) is 20.4. The van der Waals surface area contributed by atoms with Gasteiger partial charge >= 0.3 is 0 Å². The summed E-state index contributed by atoms with van der Waals surface area (Å²) in [5.74, 6) is 0. The predicted molar refractivity (Wildman–Crippen MR) is 126 cm³/mol. The Bertz CT molecular complexity index is 612. The maximum atomic E-state index is 10.7. The molecule has 0 aliphatic rings. The Hall–Kier alpha value is -0.466. The van der Waals surface area contributed by atoms with Gasteiger partial charge in [0.2, 0.25) is 0 Å². The summed E-state index contributed by atoms with van der Waals surface area (Å²) in [5.41, 5.74) is 1.41. The van der Waals surface area contributed by atoms with E-state index in [1.165, 1.54) is 0 Å². The molecule has 5 heteroatoms. The molecule has 0 radical (unpaired) electrons. The van der Waals surface area contributed by atoms with Crippen LogP contribution in [0.5, 0.6) is 0 Å². The van der Waals surface area contributed by atoms with Gasteiger partial charge in [0.05, 0.1) is 16.8 Å². The van der Waals surface area contributed by atoms with Gasteiger partial charge in [-0.25, -0.2) is 0 Å². The Labute approximate surface area is 178 Å². The van der Waals surface area contributed by atoms with E-state index < -0.39 is 36.3 Å². The van der Waals surface area contributed by atoms with Crippen LogP contribution in [-0.4, -0.2) is 24.6 Å². The van der Waals surface area contributed by atoms with Crippen LogP contribution < -0.4 is 0 Å². The second-order valence-corrected chi connectivity index (χ2v) is 17.5.